The van der Waals surface area contributed by atoms with Crippen LogP contribution in [0.3, 0.4) is 0 Å². The van der Waals surface area contributed by atoms with E-state index >= 15 is 0 Å². The van der Waals surface area contributed by atoms with Crippen LogP contribution in [0.15, 0.2) is 12.1 Å². The Labute approximate surface area is 93.4 Å². The van der Waals surface area contributed by atoms with Crippen LogP contribution in [0, 0.1) is 0 Å². The highest BCUT2D eigenvalue weighted by atomic mass is 15.6. The summed E-state index contributed by atoms with van der Waals surface area (Å²) >= 11 is 0. The van der Waals surface area contributed by atoms with Gasteiger partial charge in [-0.05, 0) is 36.5 Å². The molecule has 2 aromatic heterocycles. The van der Waals surface area contributed by atoms with Crippen molar-refractivity contribution in [2.24, 2.45) is 0 Å². The average molecular weight is 221 g/mol. The summed E-state index contributed by atoms with van der Waals surface area (Å²) in [4.78, 5) is 2.16. The van der Waals surface area contributed by atoms with Gasteiger partial charge in [0.25, 0.3) is 0 Å². The topological polar surface area (TPSA) is 71.2 Å². The summed E-state index contributed by atoms with van der Waals surface area (Å²) < 4.78 is 1.44. The number of rotatable bonds is 5. The minimum absolute atomic E-state index is 0.661. The van der Waals surface area contributed by atoms with Gasteiger partial charge in [0.05, 0.1) is 0 Å². The van der Waals surface area contributed by atoms with Gasteiger partial charge in [-0.2, -0.15) is 0 Å². The minimum atomic E-state index is 0.661. The van der Waals surface area contributed by atoms with E-state index in [1.54, 1.807) is 0 Å². The van der Waals surface area contributed by atoms with Crippen molar-refractivity contribution < 1.29 is 0 Å². The van der Waals surface area contributed by atoms with Crippen molar-refractivity contribution in [3.63, 3.8) is 0 Å². The summed E-state index contributed by atoms with van der Waals surface area (Å²) in [6.07, 6.45) is 0. The predicted molar refractivity (Wildman–Crippen MR) is 60.4 cm³/mol. The van der Waals surface area contributed by atoms with Gasteiger partial charge in [0, 0.05) is 19.6 Å². The largest absolute Gasteiger partial charge is 0.354 e. The van der Waals surface area contributed by atoms with E-state index in [2.05, 4.69) is 37.8 Å². The molecule has 0 amide bonds. The van der Waals surface area contributed by atoms with E-state index < -0.39 is 0 Å². The van der Waals surface area contributed by atoms with Crippen LogP contribution in [0.2, 0.25) is 0 Å². The van der Waals surface area contributed by atoms with E-state index in [0.717, 1.165) is 25.5 Å². The van der Waals surface area contributed by atoms with Crippen LogP contribution in [-0.2, 0) is 0 Å². The second-order valence-electron chi connectivity index (χ2n) is 3.40. The zero-order valence-corrected chi connectivity index (χ0v) is 9.46. The summed E-state index contributed by atoms with van der Waals surface area (Å²) in [7, 11) is 1.94. The summed E-state index contributed by atoms with van der Waals surface area (Å²) in [6, 6.07) is 3.80. The van der Waals surface area contributed by atoms with Crippen LogP contribution in [-0.4, -0.2) is 51.9 Å². The molecule has 0 atom stereocenters. The van der Waals surface area contributed by atoms with Crippen molar-refractivity contribution in [2.75, 3.05) is 31.6 Å². The Kier molecular flexibility index (Phi) is 3.25. The number of tetrazole rings is 1. The number of aromatic nitrogens is 5. The van der Waals surface area contributed by atoms with Gasteiger partial charge in [-0.1, -0.05) is 0 Å². The van der Waals surface area contributed by atoms with Crippen LogP contribution < -0.4 is 10.2 Å². The Hall–Kier alpha value is -1.76. The smallest absolute Gasteiger partial charge is 0.200 e. The van der Waals surface area contributed by atoms with E-state index in [0.29, 0.717) is 5.65 Å². The molecule has 0 aliphatic rings. The molecular weight excluding hydrogens is 206 g/mol. The molecule has 0 aliphatic heterocycles. The molecule has 2 heterocycles. The van der Waals surface area contributed by atoms with Crippen molar-refractivity contribution in [3.8, 4) is 0 Å². The fraction of sp³-hybridized carbons (Fsp3) is 0.556. The lowest BCUT2D eigenvalue weighted by Crippen LogP contribution is -2.31. The number of fused-ring (bicyclic) bond motifs is 1. The number of anilines is 1. The number of hydrogen-bond acceptors (Lipinski definition) is 6. The molecule has 86 valence electrons. The highest BCUT2D eigenvalue weighted by molar-refractivity contribution is 5.44. The van der Waals surface area contributed by atoms with Crippen molar-refractivity contribution >= 4 is 11.5 Å². The Morgan fingerprint density at radius 2 is 2.31 bits per heavy atom. The second kappa shape index (κ2) is 4.84. The Morgan fingerprint density at radius 1 is 1.44 bits per heavy atom. The third kappa shape index (κ3) is 2.08. The first-order valence-electron chi connectivity index (χ1n) is 5.30. The monoisotopic (exact) mass is 221 g/mol. The van der Waals surface area contributed by atoms with E-state index in [1.807, 2.05) is 19.2 Å². The van der Waals surface area contributed by atoms with Crippen LogP contribution in [0.1, 0.15) is 6.92 Å². The maximum atomic E-state index is 4.34. The SMILES string of the molecule is CCN(CCNC)c1ccc2nnnn2n1. The Balaban J connectivity index is 2.22. The Bertz CT molecular complexity index is 452. The Morgan fingerprint density at radius 3 is 3.06 bits per heavy atom. The molecule has 7 nitrogen and oxygen atoms in total. The first-order valence-corrected chi connectivity index (χ1v) is 5.30. The molecular formula is C9H15N7. The van der Waals surface area contributed by atoms with E-state index in [-0.39, 0.29) is 0 Å². The summed E-state index contributed by atoms with van der Waals surface area (Å²) in [5, 5.41) is 18.6. The van der Waals surface area contributed by atoms with Gasteiger partial charge in [0.2, 0.25) is 0 Å². The molecule has 0 aromatic carbocycles. The molecule has 2 aromatic rings. The van der Waals surface area contributed by atoms with Crippen LogP contribution in [0.25, 0.3) is 5.65 Å². The van der Waals surface area contributed by atoms with E-state index in [1.165, 1.54) is 4.63 Å². The molecule has 0 saturated heterocycles. The van der Waals surface area contributed by atoms with Crippen molar-refractivity contribution in [3.05, 3.63) is 12.1 Å². The molecule has 0 aliphatic carbocycles. The first-order chi connectivity index (χ1) is 7.85. The lowest BCUT2D eigenvalue weighted by Gasteiger charge is -2.20. The van der Waals surface area contributed by atoms with Crippen LogP contribution in [0.5, 0.6) is 0 Å². The summed E-state index contributed by atoms with van der Waals surface area (Å²) in [5.41, 5.74) is 0.661. The highest BCUT2D eigenvalue weighted by Gasteiger charge is 2.07. The molecule has 0 radical (unpaired) electrons. The third-order valence-corrected chi connectivity index (χ3v) is 2.39. The van der Waals surface area contributed by atoms with Crippen LogP contribution >= 0.6 is 0 Å². The second-order valence-corrected chi connectivity index (χ2v) is 3.40. The molecule has 0 fully saturated rings. The highest BCUT2D eigenvalue weighted by Crippen LogP contribution is 2.09. The van der Waals surface area contributed by atoms with Gasteiger partial charge in [-0.15, -0.1) is 14.8 Å². The minimum Gasteiger partial charge on any atom is -0.354 e. The van der Waals surface area contributed by atoms with Crippen molar-refractivity contribution in [1.82, 2.24) is 30.6 Å². The summed E-state index contributed by atoms with van der Waals surface area (Å²) in [6.45, 7) is 4.83. The lowest BCUT2D eigenvalue weighted by atomic mass is 10.4. The third-order valence-electron chi connectivity index (χ3n) is 2.39. The average Bonchev–Trinajstić information content (AvgIpc) is 2.77. The molecule has 2 rings (SSSR count). The maximum absolute atomic E-state index is 4.34. The maximum Gasteiger partial charge on any atom is 0.200 e. The fourth-order valence-electron chi connectivity index (χ4n) is 1.49. The van der Waals surface area contributed by atoms with Crippen molar-refractivity contribution in [1.29, 1.82) is 0 Å². The van der Waals surface area contributed by atoms with Gasteiger partial charge in [-0.25, -0.2) is 0 Å². The number of nitrogens with one attached hydrogen (secondary N) is 1. The zero-order valence-electron chi connectivity index (χ0n) is 9.46. The zero-order chi connectivity index (χ0) is 11.4. The molecule has 0 saturated carbocycles. The molecule has 0 unspecified atom stereocenters. The molecule has 7 heteroatoms. The normalized spacial score (nSPS) is 10.9. The van der Waals surface area contributed by atoms with E-state index in [9.17, 15) is 0 Å². The molecule has 0 bridgehead atoms. The first kappa shape index (κ1) is 10.7. The molecule has 16 heavy (non-hydrogen) atoms. The standard InChI is InChI=1S/C9H15N7/c1-3-15(7-6-10-2)9-5-4-8-11-13-14-16(8)12-9/h4-5,10H,3,6-7H2,1-2H3. The van der Waals surface area contributed by atoms with E-state index in [4.69, 9.17) is 0 Å². The van der Waals surface area contributed by atoms with Crippen molar-refractivity contribution in [2.45, 2.75) is 6.92 Å². The van der Waals surface area contributed by atoms with Gasteiger partial charge < -0.3 is 10.2 Å². The number of likely N-dealkylation sites (N-methyl/N-ethyl adjacent to an activating group) is 2. The van der Waals surface area contributed by atoms with Gasteiger partial charge >= 0.3 is 0 Å². The predicted octanol–water partition coefficient (Wildman–Crippen LogP) is -0.435. The van der Waals surface area contributed by atoms with Gasteiger partial charge in [0.15, 0.2) is 11.5 Å². The number of hydrogen-bond donors (Lipinski definition) is 1. The lowest BCUT2D eigenvalue weighted by molar-refractivity contribution is 0.690. The summed E-state index contributed by atoms with van der Waals surface area (Å²) in [5.74, 6) is 0.887. The molecule has 0 spiro atoms. The van der Waals surface area contributed by atoms with Gasteiger partial charge in [-0.3, -0.25) is 0 Å². The molecule has 1 N–H and O–H groups in total. The quantitative estimate of drug-likeness (QED) is 0.738. The van der Waals surface area contributed by atoms with Crippen LogP contribution in [0.4, 0.5) is 5.82 Å². The number of nitrogens with zero attached hydrogens (tertiary/aromatic N) is 6. The van der Waals surface area contributed by atoms with Gasteiger partial charge in [0.1, 0.15) is 0 Å². The fourth-order valence-corrected chi connectivity index (χ4v) is 1.49.